The minimum Gasteiger partial charge on any atom is -0.354 e. The molecule has 19 heavy (non-hydrogen) atoms. The van der Waals surface area contributed by atoms with Crippen molar-refractivity contribution in [1.82, 2.24) is 5.32 Å². The van der Waals surface area contributed by atoms with Crippen molar-refractivity contribution in [2.45, 2.75) is 45.6 Å². The van der Waals surface area contributed by atoms with Gasteiger partial charge in [0.05, 0.1) is 0 Å². The van der Waals surface area contributed by atoms with E-state index in [0.29, 0.717) is 0 Å². The Morgan fingerprint density at radius 3 is 2.47 bits per heavy atom. The molecular formula is C16H24N2O. The van der Waals surface area contributed by atoms with Gasteiger partial charge >= 0.3 is 0 Å². The van der Waals surface area contributed by atoms with Crippen LogP contribution in [0.3, 0.4) is 0 Å². The highest BCUT2D eigenvalue weighted by Crippen LogP contribution is 2.36. The summed E-state index contributed by atoms with van der Waals surface area (Å²) in [7, 11) is 0. The number of hydrogen-bond acceptors (Lipinski definition) is 2. The van der Waals surface area contributed by atoms with Gasteiger partial charge in [-0.05, 0) is 30.7 Å². The third-order valence-corrected chi connectivity index (χ3v) is 4.22. The lowest BCUT2D eigenvalue weighted by atomic mass is 9.89. The number of aryl methyl sites for hydroxylation is 1. The Morgan fingerprint density at radius 2 is 1.89 bits per heavy atom. The van der Waals surface area contributed by atoms with E-state index in [1.54, 1.807) is 0 Å². The average molecular weight is 260 g/mol. The third kappa shape index (κ3) is 3.57. The highest BCUT2D eigenvalue weighted by atomic mass is 16.2. The second-order valence-corrected chi connectivity index (χ2v) is 6.12. The molecule has 0 saturated heterocycles. The molecule has 104 valence electrons. The van der Waals surface area contributed by atoms with Crippen molar-refractivity contribution in [2.24, 2.45) is 11.1 Å². The SMILES string of the molecule is Cc1ccc(C(N)C(=O)NCC2(C)CCCC2)cc1. The van der Waals surface area contributed by atoms with E-state index in [1.165, 1.54) is 31.2 Å². The van der Waals surface area contributed by atoms with Crippen molar-refractivity contribution in [3.8, 4) is 0 Å². The molecule has 0 aromatic heterocycles. The van der Waals surface area contributed by atoms with E-state index >= 15 is 0 Å². The van der Waals surface area contributed by atoms with Crippen molar-refractivity contribution >= 4 is 5.91 Å². The van der Waals surface area contributed by atoms with Gasteiger partial charge < -0.3 is 11.1 Å². The zero-order valence-corrected chi connectivity index (χ0v) is 11.9. The summed E-state index contributed by atoms with van der Waals surface area (Å²) in [4.78, 5) is 12.1. The summed E-state index contributed by atoms with van der Waals surface area (Å²) in [6.45, 7) is 5.01. The molecule has 0 heterocycles. The van der Waals surface area contributed by atoms with Crippen LogP contribution in [0.1, 0.15) is 49.8 Å². The van der Waals surface area contributed by atoms with E-state index in [9.17, 15) is 4.79 Å². The van der Waals surface area contributed by atoms with Gasteiger partial charge in [0.25, 0.3) is 0 Å². The van der Waals surface area contributed by atoms with Gasteiger partial charge in [-0.15, -0.1) is 0 Å². The van der Waals surface area contributed by atoms with Crippen molar-refractivity contribution < 1.29 is 4.79 Å². The van der Waals surface area contributed by atoms with Crippen LogP contribution in [0.15, 0.2) is 24.3 Å². The molecule has 1 unspecified atom stereocenters. The molecule has 1 aromatic carbocycles. The molecule has 1 saturated carbocycles. The van der Waals surface area contributed by atoms with E-state index in [0.717, 1.165) is 12.1 Å². The summed E-state index contributed by atoms with van der Waals surface area (Å²) in [5, 5.41) is 3.01. The van der Waals surface area contributed by atoms with Gasteiger partial charge in [-0.1, -0.05) is 49.6 Å². The summed E-state index contributed by atoms with van der Waals surface area (Å²) in [6.07, 6.45) is 4.95. The number of carbonyl (C=O) groups excluding carboxylic acids is 1. The lowest BCUT2D eigenvalue weighted by Crippen LogP contribution is -2.39. The molecule has 0 radical (unpaired) electrons. The monoisotopic (exact) mass is 260 g/mol. The number of rotatable bonds is 4. The summed E-state index contributed by atoms with van der Waals surface area (Å²) in [6, 6.07) is 7.26. The minimum atomic E-state index is -0.564. The zero-order chi connectivity index (χ0) is 13.9. The largest absolute Gasteiger partial charge is 0.354 e. The maximum atomic E-state index is 12.1. The predicted molar refractivity (Wildman–Crippen MR) is 77.7 cm³/mol. The standard InChI is InChI=1S/C16H24N2O/c1-12-5-7-13(8-6-12)14(17)15(19)18-11-16(2)9-3-4-10-16/h5-8,14H,3-4,9-11,17H2,1-2H3,(H,18,19). The summed E-state index contributed by atoms with van der Waals surface area (Å²) in [5.41, 5.74) is 8.32. The van der Waals surface area contributed by atoms with Crippen molar-refractivity contribution in [1.29, 1.82) is 0 Å². The first-order valence-corrected chi connectivity index (χ1v) is 7.10. The van der Waals surface area contributed by atoms with Gasteiger partial charge in [0.2, 0.25) is 5.91 Å². The van der Waals surface area contributed by atoms with E-state index in [-0.39, 0.29) is 11.3 Å². The van der Waals surface area contributed by atoms with E-state index < -0.39 is 6.04 Å². The molecule has 1 atom stereocenters. The van der Waals surface area contributed by atoms with Crippen molar-refractivity contribution in [3.63, 3.8) is 0 Å². The molecular weight excluding hydrogens is 236 g/mol. The summed E-state index contributed by atoms with van der Waals surface area (Å²) in [5.74, 6) is -0.0722. The van der Waals surface area contributed by atoms with Gasteiger partial charge in [-0.3, -0.25) is 4.79 Å². The first-order chi connectivity index (χ1) is 9.00. The fourth-order valence-corrected chi connectivity index (χ4v) is 2.74. The van der Waals surface area contributed by atoms with Crippen molar-refractivity contribution in [2.75, 3.05) is 6.54 Å². The molecule has 1 aromatic rings. The fraction of sp³-hybridized carbons (Fsp3) is 0.562. The average Bonchev–Trinajstić information content (AvgIpc) is 2.83. The Labute approximate surface area is 115 Å². The predicted octanol–water partition coefficient (Wildman–Crippen LogP) is 2.69. The molecule has 2 rings (SSSR count). The summed E-state index contributed by atoms with van der Waals surface area (Å²) >= 11 is 0. The van der Waals surface area contributed by atoms with Gasteiger partial charge in [0, 0.05) is 6.54 Å². The number of amides is 1. The molecule has 0 spiro atoms. The van der Waals surface area contributed by atoms with Crippen LogP contribution in [0.4, 0.5) is 0 Å². The molecule has 1 fully saturated rings. The Morgan fingerprint density at radius 1 is 1.32 bits per heavy atom. The Bertz CT molecular complexity index is 433. The minimum absolute atomic E-state index is 0.0722. The molecule has 1 aliphatic carbocycles. The van der Waals surface area contributed by atoms with Gasteiger partial charge in [-0.25, -0.2) is 0 Å². The summed E-state index contributed by atoms with van der Waals surface area (Å²) < 4.78 is 0. The normalized spacial score (nSPS) is 19.1. The molecule has 3 nitrogen and oxygen atoms in total. The lowest BCUT2D eigenvalue weighted by Gasteiger charge is -2.24. The fourth-order valence-electron chi connectivity index (χ4n) is 2.74. The van der Waals surface area contributed by atoms with Crippen LogP contribution in [0.25, 0.3) is 0 Å². The smallest absolute Gasteiger partial charge is 0.241 e. The zero-order valence-electron chi connectivity index (χ0n) is 11.9. The number of hydrogen-bond donors (Lipinski definition) is 2. The highest BCUT2D eigenvalue weighted by molar-refractivity contribution is 5.82. The van der Waals surface area contributed by atoms with E-state index in [2.05, 4.69) is 12.2 Å². The first-order valence-electron chi connectivity index (χ1n) is 7.10. The maximum Gasteiger partial charge on any atom is 0.241 e. The third-order valence-electron chi connectivity index (χ3n) is 4.22. The Hall–Kier alpha value is -1.35. The van der Waals surface area contributed by atoms with Gasteiger partial charge in [-0.2, -0.15) is 0 Å². The Balaban J connectivity index is 1.90. The van der Waals surface area contributed by atoms with Crippen LogP contribution in [-0.2, 0) is 4.79 Å². The second-order valence-electron chi connectivity index (χ2n) is 6.12. The maximum absolute atomic E-state index is 12.1. The molecule has 3 heteroatoms. The van der Waals surface area contributed by atoms with Crippen molar-refractivity contribution in [3.05, 3.63) is 35.4 Å². The molecule has 1 aliphatic rings. The molecule has 0 bridgehead atoms. The van der Waals surface area contributed by atoms with Gasteiger partial charge in [0.15, 0.2) is 0 Å². The number of benzene rings is 1. The van der Waals surface area contributed by atoms with Crippen LogP contribution in [0, 0.1) is 12.3 Å². The van der Waals surface area contributed by atoms with Crippen LogP contribution in [0.2, 0.25) is 0 Å². The second kappa shape index (κ2) is 5.74. The molecule has 0 aliphatic heterocycles. The topological polar surface area (TPSA) is 55.1 Å². The van der Waals surface area contributed by atoms with Crippen LogP contribution in [-0.4, -0.2) is 12.5 Å². The lowest BCUT2D eigenvalue weighted by molar-refractivity contribution is -0.122. The highest BCUT2D eigenvalue weighted by Gasteiger charge is 2.29. The van der Waals surface area contributed by atoms with E-state index in [4.69, 9.17) is 5.73 Å². The van der Waals surface area contributed by atoms with Crippen LogP contribution in [0.5, 0.6) is 0 Å². The van der Waals surface area contributed by atoms with Crippen LogP contribution < -0.4 is 11.1 Å². The first kappa shape index (κ1) is 14.1. The Kier molecular flexibility index (Phi) is 4.25. The number of nitrogens with one attached hydrogen (secondary N) is 1. The molecule has 3 N–H and O–H groups in total. The van der Waals surface area contributed by atoms with Gasteiger partial charge in [0.1, 0.15) is 6.04 Å². The quantitative estimate of drug-likeness (QED) is 0.874. The number of carbonyl (C=O) groups is 1. The van der Waals surface area contributed by atoms with Crippen LogP contribution >= 0.6 is 0 Å². The molecule has 1 amide bonds. The number of nitrogens with two attached hydrogens (primary N) is 1. The van der Waals surface area contributed by atoms with E-state index in [1.807, 2.05) is 31.2 Å².